The third-order valence-electron chi connectivity index (χ3n) is 5.62. The number of halogens is 1. The highest BCUT2D eigenvalue weighted by atomic mass is 35.5. The minimum absolute atomic E-state index is 0.234. The van der Waals surface area contributed by atoms with Gasteiger partial charge in [0.1, 0.15) is 0 Å². The van der Waals surface area contributed by atoms with Gasteiger partial charge < -0.3 is 14.8 Å². The highest BCUT2D eigenvalue weighted by Crippen LogP contribution is 2.29. The molecule has 0 radical (unpaired) electrons. The third kappa shape index (κ3) is 7.55. The topological polar surface area (TPSA) is 106 Å². The molecule has 0 heterocycles. The molecule has 0 bridgehead atoms. The highest BCUT2D eigenvalue weighted by Gasteiger charge is 2.14. The molecule has 2 amide bonds. The van der Waals surface area contributed by atoms with E-state index < -0.39 is 11.9 Å². The lowest BCUT2D eigenvalue weighted by Gasteiger charge is -2.11. The van der Waals surface area contributed by atoms with E-state index in [0.29, 0.717) is 45.3 Å². The van der Waals surface area contributed by atoms with Gasteiger partial charge in [0.05, 0.1) is 18.4 Å². The normalized spacial score (nSPS) is 10.7. The minimum atomic E-state index is -0.549. The van der Waals surface area contributed by atoms with Gasteiger partial charge in [0.25, 0.3) is 11.8 Å². The summed E-state index contributed by atoms with van der Waals surface area (Å²) in [5.74, 6) is -0.609. The van der Waals surface area contributed by atoms with Crippen molar-refractivity contribution in [2.24, 2.45) is 5.10 Å². The number of hydrogen-bond acceptors (Lipinski definition) is 6. The molecule has 0 unspecified atom stereocenters. The summed E-state index contributed by atoms with van der Waals surface area (Å²) in [7, 11) is 0. The van der Waals surface area contributed by atoms with Crippen LogP contribution in [0.2, 0.25) is 5.02 Å². The molecule has 0 saturated carbocycles. The average molecular weight is 556 g/mol. The zero-order chi connectivity index (χ0) is 28.5. The molecule has 202 valence electrons. The SMILES string of the molecule is CCOc1cc(/C=N\NC(=O)c2ccc(NC(=O)c3cccc(C)c3)cc2)ccc1OC(=O)c1ccc(Cl)cc1. The number of nitrogens with one attached hydrogen (secondary N) is 2. The number of benzene rings is 4. The van der Waals surface area contributed by atoms with Crippen LogP contribution in [-0.2, 0) is 0 Å². The summed E-state index contributed by atoms with van der Waals surface area (Å²) in [5.41, 5.74) is 5.90. The number of anilines is 1. The van der Waals surface area contributed by atoms with Crippen molar-refractivity contribution in [1.82, 2.24) is 5.43 Å². The Kier molecular flexibility index (Phi) is 9.27. The van der Waals surface area contributed by atoms with Crippen LogP contribution in [0.15, 0.2) is 96.1 Å². The summed E-state index contributed by atoms with van der Waals surface area (Å²) in [6.45, 7) is 4.08. The van der Waals surface area contributed by atoms with Gasteiger partial charge >= 0.3 is 5.97 Å². The lowest BCUT2D eigenvalue weighted by Crippen LogP contribution is -2.18. The standard InChI is InChI=1S/C31H26ClN3O5/c1-3-39-28-18-21(7-16-27(28)40-31(38)23-8-12-25(32)13-9-23)19-33-35-30(37)22-10-14-26(15-11-22)34-29(36)24-6-4-5-20(2)17-24/h4-19H,3H2,1-2H3,(H,34,36)(H,35,37)/b33-19-. The summed E-state index contributed by atoms with van der Waals surface area (Å²) < 4.78 is 11.1. The van der Waals surface area contributed by atoms with Gasteiger partial charge in [0.2, 0.25) is 0 Å². The molecule has 4 aromatic carbocycles. The van der Waals surface area contributed by atoms with Gasteiger partial charge in [0.15, 0.2) is 11.5 Å². The van der Waals surface area contributed by atoms with Crippen LogP contribution in [0.3, 0.4) is 0 Å². The Labute approximate surface area is 236 Å². The number of nitrogens with zero attached hydrogens (tertiary/aromatic N) is 1. The molecule has 0 fully saturated rings. The predicted molar refractivity (Wildman–Crippen MR) is 155 cm³/mol. The van der Waals surface area contributed by atoms with Crippen molar-refractivity contribution in [2.75, 3.05) is 11.9 Å². The van der Waals surface area contributed by atoms with Gasteiger partial charge in [-0.3, -0.25) is 9.59 Å². The number of hydrazone groups is 1. The van der Waals surface area contributed by atoms with Crippen LogP contribution in [0, 0.1) is 6.92 Å². The first-order valence-corrected chi connectivity index (χ1v) is 12.8. The number of esters is 1. The van der Waals surface area contributed by atoms with E-state index in [1.165, 1.54) is 6.21 Å². The van der Waals surface area contributed by atoms with E-state index in [2.05, 4.69) is 15.8 Å². The van der Waals surface area contributed by atoms with Gasteiger partial charge in [-0.1, -0.05) is 29.3 Å². The number of carbonyl (C=O) groups is 3. The van der Waals surface area contributed by atoms with Gasteiger partial charge in [-0.25, -0.2) is 10.2 Å². The van der Waals surface area contributed by atoms with Crippen molar-refractivity contribution in [3.8, 4) is 11.5 Å². The second kappa shape index (κ2) is 13.2. The molecule has 0 aliphatic rings. The Morgan fingerprint density at radius 2 is 1.55 bits per heavy atom. The molecule has 0 saturated heterocycles. The first-order valence-electron chi connectivity index (χ1n) is 12.4. The molecule has 0 spiro atoms. The maximum atomic E-state index is 12.5. The van der Waals surface area contributed by atoms with Crippen LogP contribution in [0.25, 0.3) is 0 Å². The fourth-order valence-corrected chi connectivity index (χ4v) is 3.75. The largest absolute Gasteiger partial charge is 0.490 e. The first-order chi connectivity index (χ1) is 19.3. The Balaban J connectivity index is 1.36. The summed E-state index contributed by atoms with van der Waals surface area (Å²) in [6.07, 6.45) is 1.45. The summed E-state index contributed by atoms with van der Waals surface area (Å²) in [4.78, 5) is 37.4. The molecule has 8 nitrogen and oxygen atoms in total. The lowest BCUT2D eigenvalue weighted by molar-refractivity contribution is 0.0728. The summed E-state index contributed by atoms with van der Waals surface area (Å²) >= 11 is 5.88. The Hall–Kier alpha value is -4.95. The van der Waals surface area contributed by atoms with Gasteiger partial charge in [-0.15, -0.1) is 0 Å². The van der Waals surface area contributed by atoms with E-state index in [0.717, 1.165) is 5.56 Å². The molecule has 4 rings (SSSR count). The molecule has 0 atom stereocenters. The second-order valence-electron chi connectivity index (χ2n) is 8.64. The molecule has 0 aliphatic carbocycles. The molecule has 0 aliphatic heterocycles. The van der Waals surface area contributed by atoms with Crippen LogP contribution in [-0.4, -0.2) is 30.6 Å². The van der Waals surface area contributed by atoms with Crippen molar-refractivity contribution in [1.29, 1.82) is 0 Å². The zero-order valence-electron chi connectivity index (χ0n) is 21.8. The predicted octanol–water partition coefficient (Wildman–Crippen LogP) is 6.28. The lowest BCUT2D eigenvalue weighted by atomic mass is 10.1. The van der Waals surface area contributed by atoms with E-state index >= 15 is 0 Å². The van der Waals surface area contributed by atoms with Crippen LogP contribution in [0.4, 0.5) is 5.69 Å². The van der Waals surface area contributed by atoms with Crippen molar-refractivity contribution >= 4 is 41.3 Å². The fourth-order valence-electron chi connectivity index (χ4n) is 3.63. The zero-order valence-corrected chi connectivity index (χ0v) is 22.6. The van der Waals surface area contributed by atoms with E-state index in [4.69, 9.17) is 21.1 Å². The van der Waals surface area contributed by atoms with Gasteiger partial charge in [-0.05, 0) is 98.3 Å². The number of rotatable bonds is 9. The second-order valence-corrected chi connectivity index (χ2v) is 9.07. The van der Waals surface area contributed by atoms with Crippen molar-refractivity contribution in [3.63, 3.8) is 0 Å². The van der Waals surface area contributed by atoms with Crippen LogP contribution in [0.5, 0.6) is 11.5 Å². The van der Waals surface area contributed by atoms with E-state index in [9.17, 15) is 14.4 Å². The van der Waals surface area contributed by atoms with Crippen LogP contribution >= 0.6 is 11.6 Å². The number of aryl methyl sites for hydroxylation is 1. The van der Waals surface area contributed by atoms with Gasteiger partial charge in [0, 0.05) is 21.8 Å². The number of carbonyl (C=O) groups excluding carboxylic acids is 3. The van der Waals surface area contributed by atoms with E-state index in [-0.39, 0.29) is 11.7 Å². The first kappa shape index (κ1) is 28.1. The Morgan fingerprint density at radius 3 is 2.25 bits per heavy atom. The van der Waals surface area contributed by atoms with Crippen LogP contribution in [0.1, 0.15) is 49.1 Å². The highest BCUT2D eigenvalue weighted by molar-refractivity contribution is 6.30. The van der Waals surface area contributed by atoms with Crippen LogP contribution < -0.4 is 20.2 Å². The molecule has 40 heavy (non-hydrogen) atoms. The van der Waals surface area contributed by atoms with Crippen molar-refractivity contribution < 1.29 is 23.9 Å². The number of amides is 2. The minimum Gasteiger partial charge on any atom is -0.490 e. The molecular weight excluding hydrogens is 530 g/mol. The maximum absolute atomic E-state index is 12.5. The van der Waals surface area contributed by atoms with Gasteiger partial charge in [-0.2, -0.15) is 5.10 Å². The molecular formula is C31H26ClN3O5. The molecule has 0 aromatic heterocycles. The third-order valence-corrected chi connectivity index (χ3v) is 5.87. The van der Waals surface area contributed by atoms with E-state index in [1.54, 1.807) is 78.9 Å². The van der Waals surface area contributed by atoms with E-state index in [1.807, 2.05) is 26.0 Å². The van der Waals surface area contributed by atoms with Crippen molar-refractivity contribution in [2.45, 2.75) is 13.8 Å². The van der Waals surface area contributed by atoms with Crippen molar-refractivity contribution in [3.05, 3.63) is 124 Å². The quantitative estimate of drug-likeness (QED) is 0.109. The maximum Gasteiger partial charge on any atom is 0.343 e. The molecule has 2 N–H and O–H groups in total. The number of hydrogen-bond donors (Lipinski definition) is 2. The number of ether oxygens (including phenoxy) is 2. The smallest absolute Gasteiger partial charge is 0.343 e. The Bertz CT molecular complexity index is 1550. The Morgan fingerprint density at radius 1 is 0.825 bits per heavy atom. The molecule has 9 heteroatoms. The average Bonchev–Trinajstić information content (AvgIpc) is 2.95. The molecule has 4 aromatic rings. The monoisotopic (exact) mass is 555 g/mol. The summed E-state index contributed by atoms with van der Waals surface area (Å²) in [5, 5.41) is 7.34. The fraction of sp³-hybridized carbons (Fsp3) is 0.0968. The summed E-state index contributed by atoms with van der Waals surface area (Å²) in [6, 6.07) is 25.0.